The van der Waals surface area contributed by atoms with Crippen LogP contribution in [0.25, 0.3) is 22.0 Å². The van der Waals surface area contributed by atoms with E-state index in [2.05, 4.69) is 25.5 Å². The summed E-state index contributed by atoms with van der Waals surface area (Å²) in [5, 5.41) is 10.6. The number of pyridine rings is 2. The van der Waals surface area contributed by atoms with E-state index in [-0.39, 0.29) is 17.5 Å². The number of H-pyrrole nitrogens is 1. The maximum absolute atomic E-state index is 12.9. The molecule has 31 heavy (non-hydrogen) atoms. The Morgan fingerprint density at radius 3 is 2.61 bits per heavy atom. The summed E-state index contributed by atoms with van der Waals surface area (Å²) in [4.78, 5) is 35.5. The van der Waals surface area contributed by atoms with Crippen LogP contribution in [0.3, 0.4) is 0 Å². The maximum Gasteiger partial charge on any atom is 0.276 e. The monoisotopic (exact) mass is 412 g/mol. The van der Waals surface area contributed by atoms with Crippen LogP contribution in [0, 0.1) is 0 Å². The van der Waals surface area contributed by atoms with Gasteiger partial charge in [0.25, 0.3) is 11.8 Å². The van der Waals surface area contributed by atoms with Crippen LogP contribution in [0.5, 0.6) is 0 Å². The Morgan fingerprint density at radius 2 is 1.87 bits per heavy atom. The largest absolute Gasteiger partial charge is 0.337 e. The number of benzene rings is 1. The number of nitrogens with zero attached hydrogens (tertiary/aromatic N) is 4. The zero-order valence-corrected chi connectivity index (χ0v) is 16.7. The van der Waals surface area contributed by atoms with Crippen LogP contribution in [0.4, 0.5) is 5.69 Å². The second-order valence-corrected chi connectivity index (χ2v) is 7.46. The zero-order chi connectivity index (χ0) is 21.2. The number of fused-ring (bicyclic) bond motifs is 1. The van der Waals surface area contributed by atoms with Crippen LogP contribution >= 0.6 is 0 Å². The second kappa shape index (κ2) is 7.98. The number of amides is 2. The van der Waals surface area contributed by atoms with Gasteiger partial charge >= 0.3 is 0 Å². The van der Waals surface area contributed by atoms with Crippen molar-refractivity contribution < 1.29 is 9.59 Å². The smallest absolute Gasteiger partial charge is 0.276 e. The van der Waals surface area contributed by atoms with Gasteiger partial charge in [0.2, 0.25) is 0 Å². The summed E-state index contributed by atoms with van der Waals surface area (Å²) in [6.07, 6.45) is 7.05. The first-order valence-corrected chi connectivity index (χ1v) is 10.1. The van der Waals surface area contributed by atoms with Crippen LogP contribution < -0.4 is 5.32 Å². The van der Waals surface area contributed by atoms with Gasteiger partial charge < -0.3 is 10.2 Å². The van der Waals surface area contributed by atoms with E-state index in [9.17, 15) is 9.59 Å². The molecule has 0 unspecified atom stereocenters. The predicted octanol–water partition coefficient (Wildman–Crippen LogP) is 3.51. The molecular formula is C23H20N6O2. The summed E-state index contributed by atoms with van der Waals surface area (Å²) >= 11 is 0. The topological polar surface area (TPSA) is 104 Å². The number of rotatable bonds is 4. The SMILES string of the molecule is O=C(Nc1ccc(C(=O)N2CCCC2)nc1)c1n[nH]c2ccc(-c3cccnc3)cc12. The van der Waals surface area contributed by atoms with Gasteiger partial charge in [-0.25, -0.2) is 4.98 Å². The van der Waals surface area contributed by atoms with Gasteiger partial charge in [-0.2, -0.15) is 5.10 Å². The van der Waals surface area contributed by atoms with Crippen molar-refractivity contribution in [2.75, 3.05) is 18.4 Å². The maximum atomic E-state index is 12.9. The van der Waals surface area contributed by atoms with Gasteiger partial charge in [-0.3, -0.25) is 19.7 Å². The van der Waals surface area contributed by atoms with E-state index < -0.39 is 0 Å². The number of carbonyl (C=O) groups is 2. The van der Waals surface area contributed by atoms with E-state index in [1.165, 1.54) is 6.20 Å². The number of aromatic amines is 1. The quantitative estimate of drug-likeness (QED) is 0.534. The van der Waals surface area contributed by atoms with Gasteiger partial charge in [-0.1, -0.05) is 12.1 Å². The summed E-state index contributed by atoms with van der Waals surface area (Å²) < 4.78 is 0. The standard InChI is InChI=1S/C23H20N6O2/c30-22(26-17-6-8-20(25-14-17)23(31)29-10-1-2-11-29)21-18-12-15(5-7-19(18)27-28-21)16-4-3-9-24-13-16/h3-9,12-14H,1-2,10-11H2,(H,26,30)(H,27,28). The van der Waals surface area contributed by atoms with Crippen LogP contribution in [0.2, 0.25) is 0 Å². The molecule has 154 valence electrons. The molecule has 1 fully saturated rings. The second-order valence-electron chi connectivity index (χ2n) is 7.46. The Kier molecular flexibility index (Phi) is 4.87. The summed E-state index contributed by atoms with van der Waals surface area (Å²) in [5.74, 6) is -0.424. The third kappa shape index (κ3) is 3.75. The summed E-state index contributed by atoms with van der Waals surface area (Å²) in [6.45, 7) is 1.54. The first-order chi connectivity index (χ1) is 15.2. The van der Waals surface area contributed by atoms with Crippen LogP contribution in [-0.2, 0) is 0 Å². The van der Waals surface area contributed by atoms with Crippen molar-refractivity contribution in [2.45, 2.75) is 12.8 Å². The van der Waals surface area contributed by atoms with Crippen molar-refractivity contribution in [3.63, 3.8) is 0 Å². The minimum atomic E-state index is -0.352. The Bertz CT molecular complexity index is 1240. The molecule has 0 atom stereocenters. The lowest BCUT2D eigenvalue weighted by molar-refractivity contribution is 0.0787. The summed E-state index contributed by atoms with van der Waals surface area (Å²) in [5.41, 5.74) is 3.84. The molecule has 0 saturated carbocycles. The molecule has 0 aliphatic carbocycles. The molecule has 1 aromatic carbocycles. The molecule has 2 N–H and O–H groups in total. The number of anilines is 1. The minimum absolute atomic E-state index is 0.0726. The van der Waals surface area contributed by atoms with Crippen molar-refractivity contribution in [2.24, 2.45) is 0 Å². The third-order valence-electron chi connectivity index (χ3n) is 5.41. The van der Waals surface area contributed by atoms with E-state index in [0.29, 0.717) is 16.8 Å². The van der Waals surface area contributed by atoms with Crippen molar-refractivity contribution in [3.05, 3.63) is 72.4 Å². The van der Waals surface area contributed by atoms with Crippen molar-refractivity contribution in [1.29, 1.82) is 0 Å². The molecule has 4 heterocycles. The van der Waals surface area contributed by atoms with E-state index >= 15 is 0 Å². The van der Waals surface area contributed by atoms with E-state index in [1.54, 1.807) is 29.4 Å². The van der Waals surface area contributed by atoms with E-state index in [0.717, 1.165) is 42.6 Å². The fourth-order valence-electron chi connectivity index (χ4n) is 3.77. The number of carbonyl (C=O) groups excluding carboxylic acids is 2. The van der Waals surface area contributed by atoms with Gasteiger partial charge in [0.05, 0.1) is 17.4 Å². The molecule has 0 radical (unpaired) electrons. The average Bonchev–Trinajstić information content (AvgIpc) is 3.49. The molecule has 5 rings (SSSR count). The third-order valence-corrected chi connectivity index (χ3v) is 5.41. The highest BCUT2D eigenvalue weighted by Crippen LogP contribution is 2.25. The molecule has 8 nitrogen and oxygen atoms in total. The molecular weight excluding hydrogens is 392 g/mol. The van der Waals surface area contributed by atoms with Gasteiger partial charge in [0.15, 0.2) is 5.69 Å². The van der Waals surface area contributed by atoms with Gasteiger partial charge in [-0.05, 0) is 48.7 Å². The van der Waals surface area contributed by atoms with Gasteiger partial charge in [0.1, 0.15) is 5.69 Å². The Morgan fingerprint density at radius 1 is 1.00 bits per heavy atom. The molecule has 2 amide bonds. The first-order valence-electron chi connectivity index (χ1n) is 10.1. The Balaban J connectivity index is 1.36. The number of hydrogen-bond donors (Lipinski definition) is 2. The Labute approximate surface area is 178 Å². The highest BCUT2D eigenvalue weighted by molar-refractivity contribution is 6.11. The molecule has 1 aliphatic heterocycles. The first kappa shape index (κ1) is 18.9. The number of likely N-dealkylation sites (tertiary alicyclic amines) is 1. The van der Waals surface area contributed by atoms with Crippen molar-refractivity contribution >= 4 is 28.4 Å². The Hall–Kier alpha value is -4.07. The van der Waals surface area contributed by atoms with E-state index in [4.69, 9.17) is 0 Å². The zero-order valence-electron chi connectivity index (χ0n) is 16.7. The fraction of sp³-hybridized carbons (Fsp3) is 0.174. The lowest BCUT2D eigenvalue weighted by Gasteiger charge is -2.14. The summed E-state index contributed by atoms with van der Waals surface area (Å²) in [7, 11) is 0. The normalized spacial score (nSPS) is 13.5. The highest BCUT2D eigenvalue weighted by atomic mass is 16.2. The predicted molar refractivity (Wildman–Crippen MR) is 117 cm³/mol. The lowest BCUT2D eigenvalue weighted by atomic mass is 10.0. The molecule has 1 saturated heterocycles. The number of hydrogen-bond acceptors (Lipinski definition) is 5. The molecule has 3 aromatic heterocycles. The van der Waals surface area contributed by atoms with Crippen LogP contribution in [-0.4, -0.2) is 50.0 Å². The molecule has 1 aliphatic rings. The van der Waals surface area contributed by atoms with Crippen molar-refractivity contribution in [3.8, 4) is 11.1 Å². The lowest BCUT2D eigenvalue weighted by Crippen LogP contribution is -2.28. The molecule has 0 spiro atoms. The highest BCUT2D eigenvalue weighted by Gasteiger charge is 2.21. The minimum Gasteiger partial charge on any atom is -0.337 e. The van der Waals surface area contributed by atoms with Gasteiger partial charge in [0, 0.05) is 36.4 Å². The van der Waals surface area contributed by atoms with Crippen LogP contribution in [0.1, 0.15) is 33.8 Å². The number of aromatic nitrogens is 4. The van der Waals surface area contributed by atoms with Crippen LogP contribution in [0.15, 0.2) is 61.1 Å². The van der Waals surface area contributed by atoms with Gasteiger partial charge in [-0.15, -0.1) is 0 Å². The van der Waals surface area contributed by atoms with Crippen molar-refractivity contribution in [1.82, 2.24) is 25.1 Å². The molecule has 4 aromatic rings. The number of nitrogens with one attached hydrogen (secondary N) is 2. The molecule has 8 heteroatoms. The average molecular weight is 412 g/mol. The fourth-order valence-corrected chi connectivity index (χ4v) is 3.77. The van der Waals surface area contributed by atoms with E-state index in [1.807, 2.05) is 30.3 Å². The summed E-state index contributed by atoms with van der Waals surface area (Å²) in [6, 6.07) is 12.9. The molecule has 0 bridgehead atoms.